The Morgan fingerprint density at radius 3 is 2.49 bits per heavy atom. The fraction of sp³-hybridized carbons (Fsp3) is 0.724. The molecule has 1 spiro atoms. The average molecular weight is 548 g/mol. The molecule has 10 heteroatoms. The summed E-state index contributed by atoms with van der Waals surface area (Å²) in [4.78, 5) is 56.8. The van der Waals surface area contributed by atoms with Crippen LogP contribution < -0.4 is 5.32 Å². The molecule has 0 radical (unpaired) electrons. The van der Waals surface area contributed by atoms with Crippen molar-refractivity contribution in [3.63, 3.8) is 0 Å². The van der Waals surface area contributed by atoms with Crippen LogP contribution in [0.2, 0.25) is 0 Å². The predicted octanol–water partition coefficient (Wildman–Crippen LogP) is 1.82. The van der Waals surface area contributed by atoms with E-state index in [0.29, 0.717) is 32.2 Å². The van der Waals surface area contributed by atoms with Gasteiger partial charge >= 0.3 is 5.97 Å². The first-order valence-electron chi connectivity index (χ1n) is 14.0. The Bertz CT molecular complexity index is 967. The third-order valence-electron chi connectivity index (χ3n) is 8.27. The van der Waals surface area contributed by atoms with Crippen LogP contribution in [0.5, 0.6) is 0 Å². The fourth-order valence-electron chi connectivity index (χ4n) is 6.36. The summed E-state index contributed by atoms with van der Waals surface area (Å²) in [5, 5.41) is 13.0. The SMILES string of the molecule is C=CCCC(=O)NC[C@H](C)OC(=O)[C@@H]1[C@@H]2CC[C@]3(O2)[C@H](C(=O)N(CC=C)C(C)C)N([C@@H](CO)C(C)C)C(=O)[C@@H]13. The Morgan fingerprint density at radius 1 is 1.23 bits per heavy atom. The zero-order valence-electron chi connectivity index (χ0n) is 23.9. The molecule has 7 atom stereocenters. The smallest absolute Gasteiger partial charge is 0.312 e. The van der Waals surface area contributed by atoms with Crippen molar-refractivity contribution < 1.29 is 33.8 Å². The van der Waals surface area contributed by atoms with E-state index in [1.165, 1.54) is 4.90 Å². The van der Waals surface area contributed by atoms with E-state index in [9.17, 15) is 24.3 Å². The van der Waals surface area contributed by atoms with Gasteiger partial charge in [-0.3, -0.25) is 19.2 Å². The molecule has 0 aliphatic carbocycles. The molecule has 39 heavy (non-hydrogen) atoms. The second-order valence-electron chi connectivity index (χ2n) is 11.5. The summed E-state index contributed by atoms with van der Waals surface area (Å²) in [5.41, 5.74) is -1.18. The van der Waals surface area contributed by atoms with Crippen molar-refractivity contribution in [2.45, 2.75) is 96.2 Å². The number of aliphatic hydroxyl groups excluding tert-OH is 1. The second-order valence-corrected chi connectivity index (χ2v) is 11.5. The molecule has 3 rings (SSSR count). The van der Waals surface area contributed by atoms with Crippen LogP contribution in [0.3, 0.4) is 0 Å². The summed E-state index contributed by atoms with van der Waals surface area (Å²) >= 11 is 0. The number of likely N-dealkylation sites (tertiary alicyclic amines) is 1. The van der Waals surface area contributed by atoms with Crippen LogP contribution in [0.25, 0.3) is 0 Å². The maximum Gasteiger partial charge on any atom is 0.312 e. The number of amides is 3. The van der Waals surface area contributed by atoms with Crippen molar-refractivity contribution in [1.82, 2.24) is 15.1 Å². The van der Waals surface area contributed by atoms with Crippen LogP contribution in [0.1, 0.15) is 60.3 Å². The van der Waals surface area contributed by atoms with E-state index in [2.05, 4.69) is 18.5 Å². The number of nitrogens with zero attached hydrogens (tertiary/aromatic N) is 2. The number of carbonyl (C=O) groups excluding carboxylic acids is 4. The fourth-order valence-corrected chi connectivity index (χ4v) is 6.36. The van der Waals surface area contributed by atoms with Gasteiger partial charge in [-0.1, -0.05) is 26.0 Å². The lowest BCUT2D eigenvalue weighted by atomic mass is 9.70. The minimum Gasteiger partial charge on any atom is -0.460 e. The van der Waals surface area contributed by atoms with E-state index < -0.39 is 47.7 Å². The number of ether oxygens (including phenoxy) is 2. The van der Waals surface area contributed by atoms with E-state index >= 15 is 0 Å². The van der Waals surface area contributed by atoms with Crippen LogP contribution in [-0.2, 0) is 28.7 Å². The van der Waals surface area contributed by atoms with E-state index in [1.807, 2.05) is 27.7 Å². The predicted molar refractivity (Wildman–Crippen MR) is 145 cm³/mol. The van der Waals surface area contributed by atoms with Gasteiger partial charge in [0.25, 0.3) is 0 Å². The minimum atomic E-state index is -1.18. The number of allylic oxidation sites excluding steroid dienone is 1. The number of carbonyl (C=O) groups is 4. The van der Waals surface area contributed by atoms with Crippen LogP contribution in [0.4, 0.5) is 0 Å². The van der Waals surface area contributed by atoms with E-state index in [1.54, 1.807) is 24.0 Å². The summed E-state index contributed by atoms with van der Waals surface area (Å²) in [6, 6.07) is -1.74. The molecular weight excluding hydrogens is 502 g/mol. The van der Waals surface area contributed by atoms with Gasteiger partial charge in [0.05, 0.1) is 37.1 Å². The highest BCUT2D eigenvalue weighted by molar-refractivity contribution is 5.98. The molecular formula is C29H45N3O7. The van der Waals surface area contributed by atoms with E-state index in [4.69, 9.17) is 9.47 Å². The van der Waals surface area contributed by atoms with Crippen LogP contribution in [0.15, 0.2) is 25.3 Å². The van der Waals surface area contributed by atoms with E-state index in [0.717, 1.165) is 0 Å². The Kier molecular flexibility index (Phi) is 9.98. The number of fused-ring (bicyclic) bond motifs is 1. The topological polar surface area (TPSA) is 125 Å². The summed E-state index contributed by atoms with van der Waals surface area (Å²) in [5.74, 6) is -3.27. The van der Waals surface area contributed by atoms with Crippen LogP contribution in [0, 0.1) is 17.8 Å². The van der Waals surface area contributed by atoms with Gasteiger partial charge in [-0.05, 0) is 46.0 Å². The van der Waals surface area contributed by atoms with Crippen molar-refractivity contribution in [1.29, 1.82) is 0 Å². The molecule has 218 valence electrons. The normalized spacial score (nSPS) is 28.8. The molecule has 3 aliphatic rings. The molecule has 0 aromatic heterocycles. The molecule has 2 bridgehead atoms. The number of hydrogen-bond donors (Lipinski definition) is 2. The number of nitrogens with one attached hydrogen (secondary N) is 1. The lowest BCUT2D eigenvalue weighted by Crippen LogP contribution is -2.60. The Hall–Kier alpha value is -2.72. The molecule has 2 N–H and O–H groups in total. The molecule has 3 amide bonds. The lowest BCUT2D eigenvalue weighted by Gasteiger charge is -2.41. The Labute approximate surface area is 231 Å². The quantitative estimate of drug-likeness (QED) is 0.251. The van der Waals surface area contributed by atoms with Gasteiger partial charge in [0.2, 0.25) is 17.7 Å². The average Bonchev–Trinajstić information content (AvgIpc) is 3.52. The van der Waals surface area contributed by atoms with Crippen molar-refractivity contribution in [2.75, 3.05) is 19.7 Å². The molecule has 0 unspecified atom stereocenters. The van der Waals surface area contributed by atoms with Gasteiger partial charge < -0.3 is 29.7 Å². The first-order valence-corrected chi connectivity index (χ1v) is 14.0. The highest BCUT2D eigenvalue weighted by atomic mass is 16.6. The van der Waals surface area contributed by atoms with Crippen molar-refractivity contribution >= 4 is 23.7 Å². The third kappa shape index (κ3) is 5.77. The summed E-state index contributed by atoms with van der Waals surface area (Å²) in [6.45, 7) is 16.8. The number of aliphatic hydroxyl groups is 1. The van der Waals surface area contributed by atoms with Gasteiger partial charge in [0, 0.05) is 19.0 Å². The maximum absolute atomic E-state index is 14.1. The molecule has 0 aromatic rings. The molecule has 10 nitrogen and oxygen atoms in total. The monoisotopic (exact) mass is 547 g/mol. The van der Waals surface area contributed by atoms with Crippen molar-refractivity contribution in [2.24, 2.45) is 17.8 Å². The number of hydrogen-bond acceptors (Lipinski definition) is 7. The van der Waals surface area contributed by atoms with Gasteiger partial charge in [-0.15, -0.1) is 13.2 Å². The first kappa shape index (κ1) is 30.8. The summed E-state index contributed by atoms with van der Waals surface area (Å²) in [6.07, 6.45) is 3.96. The van der Waals surface area contributed by atoms with Crippen LogP contribution in [-0.4, -0.2) is 94.2 Å². The third-order valence-corrected chi connectivity index (χ3v) is 8.27. The maximum atomic E-state index is 14.1. The molecule has 0 saturated carbocycles. The molecule has 3 heterocycles. The Balaban J connectivity index is 1.90. The van der Waals surface area contributed by atoms with Gasteiger partial charge in [-0.25, -0.2) is 0 Å². The van der Waals surface area contributed by atoms with Crippen LogP contribution >= 0.6 is 0 Å². The van der Waals surface area contributed by atoms with Gasteiger partial charge in [-0.2, -0.15) is 0 Å². The highest BCUT2D eigenvalue weighted by Gasteiger charge is 2.75. The standard InChI is InChI=1S/C29H45N3O7/c1-8-10-11-22(34)30-15-19(7)38-28(37)23-21-12-13-29(39-21)24(23)26(35)32(20(16-33)17(3)4)25(29)27(36)31(14-9-2)18(5)6/h8-9,17-21,23-25,33H,1-2,10-16H2,3-7H3,(H,30,34)/t19-,20-,21-,23+,24+,25-,29+/m0/s1. The summed E-state index contributed by atoms with van der Waals surface area (Å²) in [7, 11) is 0. The largest absolute Gasteiger partial charge is 0.460 e. The summed E-state index contributed by atoms with van der Waals surface area (Å²) < 4.78 is 12.2. The van der Waals surface area contributed by atoms with Gasteiger partial charge in [0.15, 0.2) is 0 Å². The molecule has 3 aliphatic heterocycles. The van der Waals surface area contributed by atoms with Gasteiger partial charge in [0.1, 0.15) is 17.7 Å². The van der Waals surface area contributed by atoms with E-state index in [-0.39, 0.29) is 42.8 Å². The zero-order chi connectivity index (χ0) is 29.1. The number of esters is 1. The number of rotatable bonds is 14. The first-order chi connectivity index (χ1) is 18.4. The molecule has 3 saturated heterocycles. The highest BCUT2D eigenvalue weighted by Crippen LogP contribution is 2.59. The molecule has 3 fully saturated rings. The molecule has 0 aromatic carbocycles. The lowest BCUT2D eigenvalue weighted by molar-refractivity contribution is -0.160. The minimum absolute atomic E-state index is 0.135. The van der Waals surface area contributed by atoms with Crippen molar-refractivity contribution in [3.8, 4) is 0 Å². The second kappa shape index (κ2) is 12.6. The zero-order valence-corrected chi connectivity index (χ0v) is 23.9. The van der Waals surface area contributed by atoms with Crippen molar-refractivity contribution in [3.05, 3.63) is 25.3 Å². The Morgan fingerprint density at radius 2 is 1.92 bits per heavy atom.